The summed E-state index contributed by atoms with van der Waals surface area (Å²) in [4.78, 5) is 3.02. The van der Waals surface area contributed by atoms with E-state index >= 15 is 0 Å². The predicted molar refractivity (Wildman–Crippen MR) is 66.2 cm³/mol. The zero-order chi connectivity index (χ0) is 11.8. The number of nitrogens with two attached hydrogens (primary N) is 1. The van der Waals surface area contributed by atoms with Crippen LogP contribution in [0.1, 0.15) is 18.0 Å². The van der Waals surface area contributed by atoms with Gasteiger partial charge in [-0.2, -0.15) is 0 Å². The van der Waals surface area contributed by atoms with Crippen LogP contribution in [0.4, 0.5) is 4.39 Å². The van der Waals surface area contributed by atoms with Gasteiger partial charge in [0.05, 0.1) is 5.52 Å². The van der Waals surface area contributed by atoms with Crippen molar-refractivity contribution in [2.75, 3.05) is 13.1 Å². The number of benzene rings is 1. The van der Waals surface area contributed by atoms with Crippen molar-refractivity contribution in [2.24, 2.45) is 11.7 Å². The Bertz CT molecular complexity index is 534. The van der Waals surface area contributed by atoms with E-state index in [1.54, 1.807) is 6.07 Å². The maximum atomic E-state index is 13.6. The molecule has 2 heterocycles. The van der Waals surface area contributed by atoms with Gasteiger partial charge in [-0.3, -0.25) is 0 Å². The molecule has 1 fully saturated rings. The number of nitrogens with one attached hydrogen (secondary N) is 2. The van der Waals surface area contributed by atoms with E-state index in [1.807, 2.05) is 12.3 Å². The third-order valence-corrected chi connectivity index (χ3v) is 3.69. The summed E-state index contributed by atoms with van der Waals surface area (Å²) in [6.07, 6.45) is 2.99. The van der Waals surface area contributed by atoms with Crippen molar-refractivity contribution in [2.45, 2.75) is 12.5 Å². The molecular weight excluding hydrogens is 217 g/mol. The summed E-state index contributed by atoms with van der Waals surface area (Å²) in [6.45, 7) is 1.65. The van der Waals surface area contributed by atoms with Gasteiger partial charge >= 0.3 is 0 Å². The van der Waals surface area contributed by atoms with E-state index in [2.05, 4.69) is 10.3 Å². The van der Waals surface area contributed by atoms with Crippen LogP contribution in [-0.4, -0.2) is 18.1 Å². The molecule has 0 spiro atoms. The molecule has 1 aromatic heterocycles. The molecule has 2 unspecified atom stereocenters. The molecule has 1 aromatic carbocycles. The van der Waals surface area contributed by atoms with Crippen molar-refractivity contribution in [1.29, 1.82) is 0 Å². The molecular formula is C13H16FN3. The third kappa shape index (κ3) is 1.64. The zero-order valence-corrected chi connectivity index (χ0v) is 9.54. The second-order valence-corrected chi connectivity index (χ2v) is 4.62. The lowest BCUT2D eigenvalue weighted by Gasteiger charge is -2.17. The Balaban J connectivity index is 2.09. The maximum absolute atomic E-state index is 13.6. The SMILES string of the molecule is NCC1CCNC1c1c[nH]c2c(F)cccc12. The molecule has 17 heavy (non-hydrogen) atoms. The highest BCUT2D eigenvalue weighted by Gasteiger charge is 2.28. The quantitative estimate of drug-likeness (QED) is 0.742. The molecule has 0 amide bonds. The summed E-state index contributed by atoms with van der Waals surface area (Å²) in [5, 5.41) is 4.41. The molecule has 0 bridgehead atoms. The standard InChI is InChI=1S/C13H16FN3/c14-11-3-1-2-9-10(7-17-13(9)11)12-8(6-15)4-5-16-12/h1-3,7-8,12,16-17H,4-6,15H2. The summed E-state index contributed by atoms with van der Waals surface area (Å²) in [6, 6.07) is 5.43. The summed E-state index contributed by atoms with van der Waals surface area (Å²) in [5.41, 5.74) is 7.50. The third-order valence-electron chi connectivity index (χ3n) is 3.69. The number of rotatable bonds is 2. The van der Waals surface area contributed by atoms with E-state index in [0.29, 0.717) is 18.0 Å². The molecule has 90 valence electrons. The van der Waals surface area contributed by atoms with Crippen LogP contribution in [0.5, 0.6) is 0 Å². The summed E-state index contributed by atoms with van der Waals surface area (Å²) in [5.74, 6) is 0.244. The summed E-state index contributed by atoms with van der Waals surface area (Å²) >= 11 is 0. The fourth-order valence-electron chi connectivity index (χ4n) is 2.77. The van der Waals surface area contributed by atoms with Crippen LogP contribution in [0.25, 0.3) is 10.9 Å². The number of H-pyrrole nitrogens is 1. The molecule has 0 radical (unpaired) electrons. The van der Waals surface area contributed by atoms with E-state index in [9.17, 15) is 4.39 Å². The van der Waals surface area contributed by atoms with Crippen molar-refractivity contribution in [3.8, 4) is 0 Å². The van der Waals surface area contributed by atoms with Gasteiger partial charge in [0.2, 0.25) is 0 Å². The van der Waals surface area contributed by atoms with Crippen LogP contribution in [0.15, 0.2) is 24.4 Å². The van der Waals surface area contributed by atoms with Crippen molar-refractivity contribution in [3.63, 3.8) is 0 Å². The van der Waals surface area contributed by atoms with Crippen molar-refractivity contribution >= 4 is 10.9 Å². The Kier molecular flexibility index (Phi) is 2.61. The molecule has 1 saturated heterocycles. The topological polar surface area (TPSA) is 53.8 Å². The smallest absolute Gasteiger partial charge is 0.147 e. The van der Waals surface area contributed by atoms with E-state index in [0.717, 1.165) is 23.9 Å². The number of para-hydroxylation sites is 1. The normalized spacial score (nSPS) is 24.6. The van der Waals surface area contributed by atoms with E-state index in [-0.39, 0.29) is 11.9 Å². The Morgan fingerprint density at radius 1 is 1.41 bits per heavy atom. The van der Waals surface area contributed by atoms with Gasteiger partial charge in [0.15, 0.2) is 0 Å². The van der Waals surface area contributed by atoms with Gasteiger partial charge in [0.25, 0.3) is 0 Å². The molecule has 4 heteroatoms. The molecule has 0 saturated carbocycles. The van der Waals surface area contributed by atoms with Gasteiger partial charge in [-0.05, 0) is 37.1 Å². The lowest BCUT2D eigenvalue weighted by molar-refractivity contribution is 0.475. The monoisotopic (exact) mass is 233 g/mol. The second-order valence-electron chi connectivity index (χ2n) is 4.62. The number of aromatic nitrogens is 1. The van der Waals surface area contributed by atoms with Crippen LogP contribution < -0.4 is 11.1 Å². The molecule has 3 nitrogen and oxygen atoms in total. The van der Waals surface area contributed by atoms with Crippen LogP contribution in [0, 0.1) is 11.7 Å². The highest BCUT2D eigenvalue weighted by atomic mass is 19.1. The Morgan fingerprint density at radius 3 is 3.12 bits per heavy atom. The van der Waals surface area contributed by atoms with Gasteiger partial charge < -0.3 is 16.0 Å². The Labute approximate surface area is 99.2 Å². The second kappa shape index (κ2) is 4.13. The van der Waals surface area contributed by atoms with E-state index in [1.165, 1.54) is 6.07 Å². The predicted octanol–water partition coefficient (Wildman–Crippen LogP) is 1.92. The summed E-state index contributed by atoms with van der Waals surface area (Å²) in [7, 11) is 0. The molecule has 2 atom stereocenters. The maximum Gasteiger partial charge on any atom is 0.147 e. The van der Waals surface area contributed by atoms with Crippen LogP contribution in [-0.2, 0) is 0 Å². The molecule has 4 N–H and O–H groups in total. The van der Waals surface area contributed by atoms with Crippen molar-refractivity contribution < 1.29 is 4.39 Å². The van der Waals surface area contributed by atoms with E-state index in [4.69, 9.17) is 5.73 Å². The van der Waals surface area contributed by atoms with Crippen LogP contribution >= 0.6 is 0 Å². The minimum Gasteiger partial charge on any atom is -0.358 e. The number of hydrogen-bond donors (Lipinski definition) is 3. The van der Waals surface area contributed by atoms with Crippen molar-refractivity contribution in [3.05, 3.63) is 35.8 Å². The van der Waals surface area contributed by atoms with Gasteiger partial charge in [0, 0.05) is 17.6 Å². The lowest BCUT2D eigenvalue weighted by atomic mass is 9.94. The van der Waals surface area contributed by atoms with Gasteiger partial charge in [-0.1, -0.05) is 12.1 Å². The first-order chi connectivity index (χ1) is 8.31. The average molecular weight is 233 g/mol. The largest absolute Gasteiger partial charge is 0.358 e. The molecule has 2 aromatic rings. The molecule has 3 rings (SSSR count). The van der Waals surface area contributed by atoms with Gasteiger partial charge in [0.1, 0.15) is 5.82 Å². The first-order valence-electron chi connectivity index (χ1n) is 6.00. The summed E-state index contributed by atoms with van der Waals surface area (Å²) < 4.78 is 13.6. The Hall–Kier alpha value is -1.39. The number of halogens is 1. The minimum atomic E-state index is -0.198. The zero-order valence-electron chi connectivity index (χ0n) is 9.54. The highest BCUT2D eigenvalue weighted by molar-refractivity contribution is 5.84. The lowest BCUT2D eigenvalue weighted by Crippen LogP contribution is -2.22. The molecule has 1 aliphatic rings. The number of hydrogen-bond acceptors (Lipinski definition) is 2. The van der Waals surface area contributed by atoms with Gasteiger partial charge in [-0.25, -0.2) is 4.39 Å². The van der Waals surface area contributed by atoms with Gasteiger partial charge in [-0.15, -0.1) is 0 Å². The van der Waals surface area contributed by atoms with E-state index < -0.39 is 0 Å². The number of fused-ring (bicyclic) bond motifs is 1. The molecule has 0 aliphatic carbocycles. The first kappa shape index (κ1) is 10.7. The fourth-order valence-corrected chi connectivity index (χ4v) is 2.77. The highest BCUT2D eigenvalue weighted by Crippen LogP contribution is 2.33. The molecule has 1 aliphatic heterocycles. The minimum absolute atomic E-state index is 0.198. The number of aromatic amines is 1. The van der Waals surface area contributed by atoms with Crippen LogP contribution in [0.3, 0.4) is 0 Å². The fraction of sp³-hybridized carbons (Fsp3) is 0.385. The van der Waals surface area contributed by atoms with Crippen LogP contribution in [0.2, 0.25) is 0 Å². The average Bonchev–Trinajstić information content (AvgIpc) is 2.94. The first-order valence-corrected chi connectivity index (χ1v) is 6.00. The Morgan fingerprint density at radius 2 is 2.29 bits per heavy atom. The van der Waals surface area contributed by atoms with Crippen molar-refractivity contribution in [1.82, 2.24) is 10.3 Å².